The van der Waals surface area contributed by atoms with E-state index in [4.69, 9.17) is 4.74 Å². The molecule has 0 aromatic carbocycles. The van der Waals surface area contributed by atoms with Crippen LogP contribution in [-0.4, -0.2) is 50.6 Å². The van der Waals surface area contributed by atoms with Gasteiger partial charge < -0.3 is 9.64 Å². The van der Waals surface area contributed by atoms with Crippen molar-refractivity contribution in [1.29, 1.82) is 0 Å². The maximum Gasteiger partial charge on any atom is 0.249 e. The summed E-state index contributed by atoms with van der Waals surface area (Å²) in [5.41, 5.74) is 0.808. The molecule has 0 aliphatic carbocycles. The lowest BCUT2D eigenvalue weighted by molar-refractivity contribution is -0.136. The number of likely N-dealkylation sites (tertiary alicyclic amines) is 1. The lowest BCUT2D eigenvalue weighted by Crippen LogP contribution is -2.33. The second-order valence-electron chi connectivity index (χ2n) is 4.95. The fourth-order valence-electron chi connectivity index (χ4n) is 2.63. The van der Waals surface area contributed by atoms with E-state index in [0.717, 1.165) is 25.1 Å². The first-order chi connectivity index (χ1) is 10.3. The topological polar surface area (TPSA) is 73.1 Å². The predicted octanol–water partition coefficient (Wildman–Crippen LogP) is 0.972. The number of nitrogens with zero attached hydrogens (tertiary/aromatic N) is 5. The number of aromatic nitrogens is 4. The van der Waals surface area contributed by atoms with Crippen molar-refractivity contribution in [2.24, 2.45) is 0 Å². The van der Waals surface area contributed by atoms with Gasteiger partial charge >= 0.3 is 0 Å². The zero-order valence-corrected chi connectivity index (χ0v) is 11.8. The molecule has 1 fully saturated rings. The molecule has 110 valence electrons. The molecule has 1 amide bonds. The molecule has 3 heterocycles. The lowest BCUT2D eigenvalue weighted by atomic mass is 10.1. The van der Waals surface area contributed by atoms with E-state index in [0.29, 0.717) is 5.82 Å². The minimum absolute atomic E-state index is 0.00478. The molecule has 3 rings (SSSR count). The molecule has 7 nitrogen and oxygen atoms in total. The van der Waals surface area contributed by atoms with Gasteiger partial charge in [-0.3, -0.25) is 14.3 Å². The molecule has 1 saturated heterocycles. The average Bonchev–Trinajstić information content (AvgIpc) is 3.19. The summed E-state index contributed by atoms with van der Waals surface area (Å²) in [6.45, 7) is 0.842. The van der Waals surface area contributed by atoms with Crippen molar-refractivity contribution >= 4 is 5.91 Å². The molecule has 21 heavy (non-hydrogen) atoms. The summed E-state index contributed by atoms with van der Waals surface area (Å²) in [4.78, 5) is 26.8. The van der Waals surface area contributed by atoms with Crippen molar-refractivity contribution in [2.75, 3.05) is 20.3 Å². The number of rotatable bonds is 4. The zero-order valence-electron chi connectivity index (χ0n) is 11.8. The van der Waals surface area contributed by atoms with Crippen LogP contribution in [0.3, 0.4) is 0 Å². The maximum absolute atomic E-state index is 12.1. The van der Waals surface area contributed by atoms with Crippen LogP contribution in [0.4, 0.5) is 0 Å². The van der Waals surface area contributed by atoms with Gasteiger partial charge in [0.15, 0.2) is 5.82 Å². The third-order valence-corrected chi connectivity index (χ3v) is 3.59. The first-order valence-electron chi connectivity index (χ1n) is 6.88. The van der Waals surface area contributed by atoms with E-state index in [1.54, 1.807) is 29.5 Å². The second-order valence-corrected chi connectivity index (χ2v) is 4.95. The van der Waals surface area contributed by atoms with Crippen molar-refractivity contribution in [3.63, 3.8) is 0 Å². The largest absolute Gasteiger partial charge is 0.375 e. The van der Waals surface area contributed by atoms with E-state index < -0.39 is 0 Å². The van der Waals surface area contributed by atoms with E-state index in [1.165, 1.54) is 7.11 Å². The highest BCUT2D eigenvalue weighted by Gasteiger charge is 2.31. The Morgan fingerprint density at radius 2 is 2.33 bits per heavy atom. The Morgan fingerprint density at radius 1 is 1.43 bits per heavy atom. The Morgan fingerprint density at radius 3 is 3.10 bits per heavy atom. The van der Waals surface area contributed by atoms with E-state index in [-0.39, 0.29) is 18.6 Å². The summed E-state index contributed by atoms with van der Waals surface area (Å²) in [5.74, 6) is 0.700. The van der Waals surface area contributed by atoms with Gasteiger partial charge in [0.05, 0.1) is 24.1 Å². The summed E-state index contributed by atoms with van der Waals surface area (Å²) in [7, 11) is 1.53. The molecule has 2 aromatic heterocycles. The van der Waals surface area contributed by atoms with Gasteiger partial charge in [0, 0.05) is 26.0 Å². The van der Waals surface area contributed by atoms with Gasteiger partial charge in [-0.2, -0.15) is 0 Å². The van der Waals surface area contributed by atoms with Gasteiger partial charge in [-0.15, -0.1) is 0 Å². The van der Waals surface area contributed by atoms with E-state index in [1.807, 2.05) is 11.1 Å². The predicted molar refractivity (Wildman–Crippen MR) is 74.7 cm³/mol. The van der Waals surface area contributed by atoms with E-state index >= 15 is 0 Å². The Hall–Kier alpha value is -2.28. The van der Waals surface area contributed by atoms with Crippen LogP contribution in [0, 0.1) is 0 Å². The van der Waals surface area contributed by atoms with E-state index in [2.05, 4.69) is 15.0 Å². The molecule has 1 aliphatic rings. The Kier molecular flexibility index (Phi) is 3.92. The lowest BCUT2D eigenvalue weighted by Gasteiger charge is -2.24. The van der Waals surface area contributed by atoms with Crippen LogP contribution in [0.1, 0.15) is 24.6 Å². The molecular formula is C14H17N5O2. The average molecular weight is 287 g/mol. The van der Waals surface area contributed by atoms with Crippen LogP contribution < -0.4 is 0 Å². The number of imidazole rings is 1. The first-order valence-corrected chi connectivity index (χ1v) is 6.88. The second kappa shape index (κ2) is 6.01. The van der Waals surface area contributed by atoms with Crippen LogP contribution >= 0.6 is 0 Å². The Bertz CT molecular complexity index is 614. The number of methoxy groups -OCH3 is 1. The zero-order chi connectivity index (χ0) is 14.7. The minimum Gasteiger partial charge on any atom is -0.375 e. The molecule has 0 radical (unpaired) electrons. The number of hydrogen-bond acceptors (Lipinski definition) is 5. The Balaban J connectivity index is 1.86. The van der Waals surface area contributed by atoms with Crippen LogP contribution in [0.5, 0.6) is 0 Å². The van der Waals surface area contributed by atoms with Crippen molar-refractivity contribution in [3.8, 4) is 5.82 Å². The minimum atomic E-state index is -0.0244. The first kappa shape index (κ1) is 13.7. The van der Waals surface area contributed by atoms with Crippen LogP contribution in [-0.2, 0) is 9.53 Å². The third kappa shape index (κ3) is 2.78. The number of amides is 1. The van der Waals surface area contributed by atoms with Crippen LogP contribution in [0.15, 0.2) is 31.1 Å². The summed E-state index contributed by atoms with van der Waals surface area (Å²) < 4.78 is 6.74. The fourth-order valence-corrected chi connectivity index (χ4v) is 2.63. The van der Waals surface area contributed by atoms with Crippen molar-refractivity contribution in [2.45, 2.75) is 18.9 Å². The van der Waals surface area contributed by atoms with Gasteiger partial charge in [0.2, 0.25) is 5.91 Å². The molecule has 0 bridgehead atoms. The molecule has 0 saturated carbocycles. The van der Waals surface area contributed by atoms with Crippen LogP contribution in [0.25, 0.3) is 5.82 Å². The van der Waals surface area contributed by atoms with Gasteiger partial charge in [0.1, 0.15) is 12.9 Å². The molecule has 2 aromatic rings. The molecule has 1 aliphatic heterocycles. The molecular weight excluding hydrogens is 270 g/mol. The van der Waals surface area contributed by atoms with Crippen LogP contribution in [0.2, 0.25) is 0 Å². The van der Waals surface area contributed by atoms with Gasteiger partial charge in [-0.1, -0.05) is 0 Å². The highest BCUT2D eigenvalue weighted by molar-refractivity contribution is 5.78. The third-order valence-electron chi connectivity index (χ3n) is 3.59. The smallest absolute Gasteiger partial charge is 0.249 e. The number of carbonyl (C=O) groups excluding carboxylic acids is 1. The Labute approximate surface area is 122 Å². The quantitative estimate of drug-likeness (QED) is 0.838. The summed E-state index contributed by atoms with van der Waals surface area (Å²) in [6, 6.07) is -0.0244. The van der Waals surface area contributed by atoms with Crippen molar-refractivity contribution < 1.29 is 9.53 Å². The van der Waals surface area contributed by atoms with Gasteiger partial charge in [-0.05, 0) is 12.8 Å². The number of hydrogen-bond donors (Lipinski definition) is 0. The SMILES string of the molecule is COCC(=O)N1CCC[C@H]1c1cncc(-n2ccnc2)n1. The summed E-state index contributed by atoms with van der Waals surface area (Å²) in [6.07, 6.45) is 10.5. The van der Waals surface area contributed by atoms with Crippen molar-refractivity contribution in [3.05, 3.63) is 36.8 Å². The molecule has 1 atom stereocenters. The monoisotopic (exact) mass is 287 g/mol. The fraction of sp³-hybridized carbons (Fsp3) is 0.429. The maximum atomic E-state index is 12.1. The van der Waals surface area contributed by atoms with Gasteiger partial charge in [-0.25, -0.2) is 9.97 Å². The molecule has 0 spiro atoms. The molecule has 0 unspecified atom stereocenters. The van der Waals surface area contributed by atoms with Crippen molar-refractivity contribution in [1.82, 2.24) is 24.4 Å². The highest BCUT2D eigenvalue weighted by Crippen LogP contribution is 2.30. The number of carbonyl (C=O) groups is 1. The summed E-state index contributed by atoms with van der Waals surface area (Å²) >= 11 is 0. The van der Waals surface area contributed by atoms with Gasteiger partial charge in [0.25, 0.3) is 0 Å². The number of ether oxygens (including phenoxy) is 1. The highest BCUT2D eigenvalue weighted by atomic mass is 16.5. The summed E-state index contributed by atoms with van der Waals surface area (Å²) in [5, 5.41) is 0. The van der Waals surface area contributed by atoms with E-state index in [9.17, 15) is 4.79 Å². The normalized spacial score (nSPS) is 18.1. The standard InChI is InChI=1S/C14H17N5O2/c1-21-9-14(20)19-5-2-3-12(19)11-7-16-8-13(17-11)18-6-4-15-10-18/h4,6-8,10,12H,2-3,5,9H2,1H3/t12-/m0/s1. The molecule has 7 heteroatoms. The molecule has 0 N–H and O–H groups in total.